The van der Waals surface area contributed by atoms with E-state index >= 15 is 0 Å². The molecule has 0 fully saturated rings. The molecule has 0 unspecified atom stereocenters. The van der Waals surface area contributed by atoms with Gasteiger partial charge in [0.15, 0.2) is 0 Å². The van der Waals surface area contributed by atoms with E-state index in [9.17, 15) is 4.79 Å². The molecule has 0 radical (unpaired) electrons. The van der Waals surface area contributed by atoms with Gasteiger partial charge >= 0.3 is 0 Å². The van der Waals surface area contributed by atoms with Crippen molar-refractivity contribution in [2.75, 3.05) is 0 Å². The summed E-state index contributed by atoms with van der Waals surface area (Å²) < 4.78 is 0. The molecule has 6 heavy (non-hydrogen) atoms. The van der Waals surface area contributed by atoms with Crippen molar-refractivity contribution in [2.24, 2.45) is 0 Å². The summed E-state index contributed by atoms with van der Waals surface area (Å²) in [6, 6.07) is 0. The molecule has 0 amide bonds. The zero-order chi connectivity index (χ0) is 5.58. The lowest BCUT2D eigenvalue weighted by molar-refractivity contribution is -0.114. The van der Waals surface area contributed by atoms with Crippen molar-refractivity contribution in [1.82, 2.24) is 0 Å². The van der Waals surface area contributed by atoms with Crippen LogP contribution < -0.4 is 0 Å². The van der Waals surface area contributed by atoms with E-state index in [2.05, 4.69) is 6.57 Å². The van der Waals surface area contributed by atoms with Gasteiger partial charge in [-0.05, 0) is 13.8 Å². The van der Waals surface area contributed by atoms with Gasteiger partial charge < -0.3 is 4.79 Å². The van der Waals surface area contributed by atoms with E-state index < -0.39 is 0 Å². The molecule has 0 N–H and O–H groups in total. The monoisotopic (exact) mass is 85.1 g/mol. The van der Waals surface area contributed by atoms with Gasteiger partial charge in [-0.3, -0.25) is 0 Å². The maximum atomic E-state index is 9.44. The van der Waals surface area contributed by atoms with E-state index in [1.54, 1.807) is 0 Å². The highest BCUT2D eigenvalue weighted by atomic mass is 16.1. The number of nitriles is 1. The van der Waals surface area contributed by atoms with Gasteiger partial charge in [0.05, 0.1) is 0 Å². The van der Waals surface area contributed by atoms with Gasteiger partial charge in [0.25, 0.3) is 0 Å². The molecular weight excluding hydrogens is 78.0 g/mol. The molecule has 0 spiro atoms. The van der Waals surface area contributed by atoms with Crippen LogP contribution in [-0.4, -0.2) is 5.78 Å². The molecule has 0 aromatic heterocycles. The van der Waals surface area contributed by atoms with Crippen molar-refractivity contribution in [3.63, 3.8) is 0 Å². The number of rotatable bonds is 0. The Morgan fingerprint density at radius 3 is 1.50 bits per heavy atom. The minimum Gasteiger partial charge on any atom is -0.300 e. The number of ketones is 1. The van der Waals surface area contributed by atoms with Crippen LogP contribution in [0.1, 0.15) is 13.8 Å². The van der Waals surface area contributed by atoms with Crippen LogP contribution in [0.25, 0.3) is 0 Å². The van der Waals surface area contributed by atoms with Gasteiger partial charge in [-0.1, -0.05) is 0 Å². The summed E-state index contributed by atoms with van der Waals surface area (Å²) in [7, 11) is 0. The number of hydrogen-bond acceptors (Lipinski definition) is 2. The highest BCUT2D eigenvalue weighted by molar-refractivity contribution is 5.72. The van der Waals surface area contributed by atoms with E-state index in [0.29, 0.717) is 0 Å². The predicted octanol–water partition coefficient (Wildman–Crippen LogP) is 0.735. The number of carbonyl (C=O) groups is 1. The lowest BCUT2D eigenvalue weighted by atomic mass is 10.6. The minimum absolute atomic E-state index is 0.167. The third-order valence-electron chi connectivity index (χ3n) is 0. The van der Waals surface area contributed by atoms with Crippen molar-refractivity contribution >= 4 is 5.78 Å². The van der Waals surface area contributed by atoms with Crippen LogP contribution in [0.5, 0.6) is 0 Å². The zero-order valence-electron chi connectivity index (χ0n) is 3.93. The maximum absolute atomic E-state index is 9.44. The molecular formula is C4H7NO. The van der Waals surface area contributed by atoms with Crippen molar-refractivity contribution < 1.29 is 4.79 Å². The van der Waals surface area contributed by atoms with Crippen molar-refractivity contribution in [3.05, 3.63) is 0 Å². The summed E-state index contributed by atoms with van der Waals surface area (Å²) in [6.45, 7) is 6.56. The second-order valence-electron chi connectivity index (χ2n) is 0.908. The van der Waals surface area contributed by atoms with Crippen LogP contribution in [0, 0.1) is 11.8 Å². The van der Waals surface area contributed by atoms with Crippen LogP contribution in [0.15, 0.2) is 0 Å². The average molecular weight is 85.1 g/mol. The third-order valence-corrected chi connectivity index (χ3v) is 0. The fraction of sp³-hybridized carbons (Fsp3) is 0.500. The van der Waals surface area contributed by atoms with Gasteiger partial charge in [0, 0.05) is 6.57 Å². The highest BCUT2D eigenvalue weighted by Gasteiger charge is 1.62. The average Bonchev–Trinajstić information content (AvgIpc) is 1.41. The first-order valence-corrected chi connectivity index (χ1v) is 1.46. The molecule has 0 atom stereocenters. The Morgan fingerprint density at radius 2 is 1.50 bits per heavy atom. The van der Waals surface area contributed by atoms with Gasteiger partial charge in [-0.2, -0.15) is 0 Å². The topological polar surface area (TPSA) is 40.9 Å². The normalized spacial score (nSPS) is 4.67. The van der Waals surface area contributed by atoms with E-state index in [-0.39, 0.29) is 5.78 Å². The molecule has 0 saturated carbocycles. The van der Waals surface area contributed by atoms with Crippen molar-refractivity contribution in [1.29, 1.82) is 5.26 Å². The van der Waals surface area contributed by atoms with Gasteiger partial charge in [-0.15, -0.1) is 0 Å². The summed E-state index contributed by atoms with van der Waals surface area (Å²) in [6.07, 6.45) is 0. The largest absolute Gasteiger partial charge is 0.300 e. The van der Waals surface area contributed by atoms with E-state index in [4.69, 9.17) is 5.26 Å². The van der Waals surface area contributed by atoms with Crippen molar-refractivity contribution in [3.8, 4) is 6.57 Å². The van der Waals surface area contributed by atoms with E-state index in [1.807, 2.05) is 0 Å². The Bertz CT molecular complexity index is 51.8. The molecule has 0 heterocycles. The van der Waals surface area contributed by atoms with Gasteiger partial charge in [0.1, 0.15) is 5.78 Å². The predicted molar refractivity (Wildman–Crippen MR) is 23.0 cm³/mol. The molecule has 0 aliphatic heterocycles. The molecule has 0 aliphatic rings. The van der Waals surface area contributed by atoms with Crippen LogP contribution in [0.2, 0.25) is 0 Å². The molecule has 0 rings (SSSR count). The molecule has 0 bridgehead atoms. The molecule has 0 aliphatic carbocycles. The smallest absolute Gasteiger partial charge is 0.126 e. The summed E-state index contributed by atoms with van der Waals surface area (Å²) in [5, 5.41) is 6.50. The standard InChI is InChI=1S/C3H6O.CHN/c1-3(2)4;1-2/h1-2H3;1H. The summed E-state index contributed by atoms with van der Waals surface area (Å²) in [5.74, 6) is 0.167. The van der Waals surface area contributed by atoms with Crippen LogP contribution in [0.4, 0.5) is 0 Å². The minimum atomic E-state index is 0.167. The zero-order valence-corrected chi connectivity index (χ0v) is 3.93. The molecule has 0 aromatic rings. The molecule has 2 nitrogen and oxygen atoms in total. The first kappa shape index (κ1) is 8.94. The maximum Gasteiger partial charge on any atom is 0.126 e. The molecule has 0 saturated heterocycles. The fourth-order valence-electron chi connectivity index (χ4n) is 0. The summed E-state index contributed by atoms with van der Waals surface area (Å²) in [5.41, 5.74) is 0. The fourth-order valence-corrected chi connectivity index (χ4v) is 0. The number of Topliss-reactive ketones (excluding diaryl/α,β-unsaturated/α-hetero) is 1. The number of nitrogens with zero attached hydrogens (tertiary/aromatic N) is 1. The van der Waals surface area contributed by atoms with E-state index in [1.165, 1.54) is 13.8 Å². The lowest BCUT2D eigenvalue weighted by Crippen LogP contribution is -1.69. The van der Waals surface area contributed by atoms with Crippen LogP contribution >= 0.6 is 0 Å². The Labute approximate surface area is 37.4 Å². The van der Waals surface area contributed by atoms with Crippen LogP contribution in [0.3, 0.4) is 0 Å². The van der Waals surface area contributed by atoms with E-state index in [0.717, 1.165) is 0 Å². The lowest BCUT2D eigenvalue weighted by Gasteiger charge is -1.56. The Hall–Kier alpha value is -0.840. The molecule has 0 aromatic carbocycles. The first-order valence-electron chi connectivity index (χ1n) is 1.46. The molecule has 34 valence electrons. The summed E-state index contributed by atoms with van der Waals surface area (Å²) in [4.78, 5) is 9.44. The second-order valence-corrected chi connectivity index (χ2v) is 0.908. The SMILES string of the molecule is C#N.CC(C)=O. The Morgan fingerprint density at radius 1 is 1.50 bits per heavy atom. The Balaban J connectivity index is 0. The Kier molecular flexibility index (Phi) is 13.3. The first-order chi connectivity index (χ1) is 2.73. The van der Waals surface area contributed by atoms with Gasteiger partial charge in [-0.25, -0.2) is 5.26 Å². The third kappa shape index (κ3) is 20.9. The van der Waals surface area contributed by atoms with Crippen LogP contribution in [-0.2, 0) is 4.79 Å². The number of carbonyl (C=O) groups excluding carboxylic acids is 1. The second kappa shape index (κ2) is 8.90. The number of hydrogen-bond donors (Lipinski definition) is 0. The summed E-state index contributed by atoms with van der Waals surface area (Å²) >= 11 is 0. The molecule has 2 heteroatoms. The highest BCUT2D eigenvalue weighted by Crippen LogP contribution is 1.50. The van der Waals surface area contributed by atoms with Crippen molar-refractivity contribution in [2.45, 2.75) is 13.8 Å². The quantitative estimate of drug-likeness (QED) is 0.435. The van der Waals surface area contributed by atoms with Gasteiger partial charge in [0.2, 0.25) is 0 Å².